The molecule has 2 saturated heterocycles. The first-order valence-corrected chi connectivity index (χ1v) is 10.2. The number of ether oxygens (including phenoxy) is 2. The van der Waals surface area contributed by atoms with Crippen molar-refractivity contribution < 1.29 is 14.3 Å². The quantitative estimate of drug-likeness (QED) is 0.749. The molecule has 160 valence electrons. The van der Waals surface area contributed by atoms with Crippen LogP contribution in [0.1, 0.15) is 34.6 Å². The van der Waals surface area contributed by atoms with Crippen molar-refractivity contribution in [1.82, 2.24) is 15.2 Å². The lowest BCUT2D eigenvalue weighted by Crippen LogP contribution is -2.42. The summed E-state index contributed by atoms with van der Waals surface area (Å²) in [4.78, 5) is 20.9. The molecule has 1 aromatic heterocycles. The molecule has 2 bridgehead atoms. The van der Waals surface area contributed by atoms with Gasteiger partial charge in [0, 0.05) is 24.2 Å². The molecule has 1 N–H and O–H groups in total. The minimum Gasteiger partial charge on any atom is -0.493 e. The van der Waals surface area contributed by atoms with E-state index in [1.807, 2.05) is 25.1 Å². The number of hydrogen-bond donors (Lipinski definition) is 1. The monoisotopic (exact) mass is 459 g/mol. The zero-order valence-electron chi connectivity index (χ0n) is 16.8. The van der Waals surface area contributed by atoms with Crippen LogP contribution in [0.2, 0.25) is 0 Å². The number of aromatic nitrogens is 1. The molecule has 2 aliphatic rings. The number of carbonyl (C=O) groups is 1. The van der Waals surface area contributed by atoms with Gasteiger partial charge in [0.15, 0.2) is 11.5 Å². The number of methoxy groups -OCH3 is 2. The third-order valence-corrected chi connectivity index (χ3v) is 6.70. The Kier molecular flexibility index (Phi) is 8.17. The Morgan fingerprint density at radius 1 is 1.14 bits per heavy atom. The second kappa shape index (κ2) is 9.98. The summed E-state index contributed by atoms with van der Waals surface area (Å²) in [7, 11) is 3.24. The Hall–Kier alpha value is -1.54. The molecule has 1 aromatic carbocycles. The zero-order valence-corrected chi connectivity index (χ0v) is 19.2. The van der Waals surface area contributed by atoms with Crippen molar-refractivity contribution in [3.05, 3.63) is 28.8 Å². The second-order valence-corrected chi connectivity index (χ2v) is 8.09. The predicted octanol–water partition coefficient (Wildman–Crippen LogP) is 3.95. The Morgan fingerprint density at radius 3 is 2.59 bits per heavy atom. The van der Waals surface area contributed by atoms with Gasteiger partial charge in [-0.15, -0.1) is 36.2 Å². The summed E-state index contributed by atoms with van der Waals surface area (Å²) < 4.78 is 10.7. The van der Waals surface area contributed by atoms with Crippen molar-refractivity contribution in [2.45, 2.75) is 38.3 Å². The first kappa shape index (κ1) is 23.7. The minimum atomic E-state index is 0. The van der Waals surface area contributed by atoms with Gasteiger partial charge in [-0.1, -0.05) is 0 Å². The van der Waals surface area contributed by atoms with Gasteiger partial charge in [0.2, 0.25) is 0 Å². The summed E-state index contributed by atoms with van der Waals surface area (Å²) in [6, 6.07) is 6.38. The Labute approximate surface area is 187 Å². The van der Waals surface area contributed by atoms with Crippen LogP contribution in [-0.2, 0) is 0 Å². The molecule has 2 aromatic rings. The van der Waals surface area contributed by atoms with E-state index in [4.69, 9.17) is 9.47 Å². The maximum absolute atomic E-state index is 13.3. The number of hydrogen-bond acceptors (Lipinski definition) is 6. The van der Waals surface area contributed by atoms with E-state index in [9.17, 15) is 4.79 Å². The first-order chi connectivity index (χ1) is 13.1. The van der Waals surface area contributed by atoms with Crippen LogP contribution in [0.25, 0.3) is 10.6 Å². The smallest absolute Gasteiger partial charge is 0.266 e. The fourth-order valence-corrected chi connectivity index (χ4v) is 5.13. The van der Waals surface area contributed by atoms with E-state index in [0.29, 0.717) is 23.6 Å². The standard InChI is InChI=1S/C20H25N3O3S.2ClH/c1-12-18(20(24)23-14-5-6-15(23)11-21-9-8-14)27-19(22-12)13-4-7-16(25-2)17(10-13)26-3;;/h4,7,10,14-15,21H,5-6,8-9,11H2,1-3H3;2*1H. The van der Waals surface area contributed by atoms with Crippen LogP contribution in [0, 0.1) is 6.92 Å². The summed E-state index contributed by atoms with van der Waals surface area (Å²) in [6.07, 6.45) is 3.23. The molecule has 2 fully saturated rings. The number of thiazole rings is 1. The highest BCUT2D eigenvalue weighted by Gasteiger charge is 2.39. The Morgan fingerprint density at radius 2 is 1.86 bits per heavy atom. The normalized spacial score (nSPS) is 20.3. The van der Waals surface area contributed by atoms with Crippen LogP contribution < -0.4 is 14.8 Å². The highest BCUT2D eigenvalue weighted by atomic mass is 35.5. The number of rotatable bonds is 4. The van der Waals surface area contributed by atoms with Gasteiger partial charge in [-0.25, -0.2) is 4.98 Å². The molecule has 3 heterocycles. The lowest BCUT2D eigenvalue weighted by molar-refractivity contribution is 0.0684. The van der Waals surface area contributed by atoms with Crippen LogP contribution in [0.5, 0.6) is 11.5 Å². The molecular weight excluding hydrogens is 433 g/mol. The van der Waals surface area contributed by atoms with Crippen molar-refractivity contribution in [3.8, 4) is 22.1 Å². The van der Waals surface area contributed by atoms with Crippen molar-refractivity contribution in [1.29, 1.82) is 0 Å². The Balaban J connectivity index is 0.00000150. The summed E-state index contributed by atoms with van der Waals surface area (Å²) in [5.74, 6) is 1.47. The number of nitrogens with one attached hydrogen (secondary N) is 1. The van der Waals surface area contributed by atoms with Crippen LogP contribution in [0.3, 0.4) is 0 Å². The molecule has 0 aliphatic carbocycles. The second-order valence-electron chi connectivity index (χ2n) is 7.09. The highest BCUT2D eigenvalue weighted by Crippen LogP contribution is 2.37. The maximum atomic E-state index is 13.3. The topological polar surface area (TPSA) is 63.7 Å². The highest BCUT2D eigenvalue weighted by molar-refractivity contribution is 7.17. The van der Waals surface area contributed by atoms with E-state index in [1.54, 1.807) is 14.2 Å². The zero-order chi connectivity index (χ0) is 19.0. The molecule has 0 saturated carbocycles. The Bertz CT molecular complexity index is 847. The summed E-state index contributed by atoms with van der Waals surface area (Å²) in [5, 5.41) is 4.28. The molecular formula is C20H27Cl2N3O3S. The van der Waals surface area contributed by atoms with E-state index in [0.717, 1.165) is 53.5 Å². The van der Waals surface area contributed by atoms with Crippen LogP contribution >= 0.6 is 36.2 Å². The number of amides is 1. The van der Waals surface area contributed by atoms with E-state index in [-0.39, 0.29) is 30.7 Å². The molecule has 29 heavy (non-hydrogen) atoms. The van der Waals surface area contributed by atoms with Crippen LogP contribution in [0.4, 0.5) is 0 Å². The predicted molar refractivity (Wildman–Crippen MR) is 120 cm³/mol. The largest absolute Gasteiger partial charge is 0.493 e. The molecule has 2 aliphatic heterocycles. The van der Waals surface area contributed by atoms with Crippen LogP contribution in [0.15, 0.2) is 18.2 Å². The molecule has 1 amide bonds. The third-order valence-electron chi connectivity index (χ3n) is 5.51. The number of halogens is 2. The third kappa shape index (κ3) is 4.48. The van der Waals surface area contributed by atoms with Crippen LogP contribution in [-0.4, -0.2) is 55.2 Å². The van der Waals surface area contributed by atoms with Crippen molar-refractivity contribution in [2.75, 3.05) is 27.3 Å². The summed E-state index contributed by atoms with van der Waals surface area (Å²) in [5.41, 5.74) is 1.73. The van der Waals surface area contributed by atoms with Gasteiger partial charge >= 0.3 is 0 Å². The molecule has 2 atom stereocenters. The lowest BCUT2D eigenvalue weighted by atomic mass is 10.1. The number of aryl methyl sites for hydroxylation is 1. The van der Waals surface area contributed by atoms with Gasteiger partial charge < -0.3 is 19.7 Å². The van der Waals surface area contributed by atoms with Crippen molar-refractivity contribution in [3.63, 3.8) is 0 Å². The van der Waals surface area contributed by atoms with Gasteiger partial charge in [0.1, 0.15) is 9.88 Å². The van der Waals surface area contributed by atoms with E-state index in [1.165, 1.54) is 11.3 Å². The van der Waals surface area contributed by atoms with Crippen molar-refractivity contribution >= 4 is 42.1 Å². The summed E-state index contributed by atoms with van der Waals surface area (Å²) in [6.45, 7) is 3.80. The molecule has 6 nitrogen and oxygen atoms in total. The average Bonchev–Trinajstić information content (AvgIpc) is 3.19. The molecule has 0 radical (unpaired) electrons. The van der Waals surface area contributed by atoms with E-state index >= 15 is 0 Å². The number of carbonyl (C=O) groups excluding carboxylic acids is 1. The van der Waals surface area contributed by atoms with Gasteiger partial charge in [-0.3, -0.25) is 4.79 Å². The van der Waals surface area contributed by atoms with E-state index in [2.05, 4.69) is 15.2 Å². The number of benzene rings is 1. The van der Waals surface area contributed by atoms with Gasteiger partial charge in [-0.05, 0) is 50.9 Å². The van der Waals surface area contributed by atoms with Crippen molar-refractivity contribution in [2.24, 2.45) is 0 Å². The molecule has 0 spiro atoms. The molecule has 9 heteroatoms. The number of nitrogens with zero attached hydrogens (tertiary/aromatic N) is 2. The SMILES string of the molecule is COc1ccc(-c2nc(C)c(C(=O)N3C4CCNCC3CC4)s2)cc1OC.Cl.Cl. The summed E-state index contributed by atoms with van der Waals surface area (Å²) >= 11 is 1.47. The first-order valence-electron chi connectivity index (χ1n) is 9.35. The van der Waals surface area contributed by atoms with Gasteiger partial charge in [-0.2, -0.15) is 0 Å². The minimum absolute atomic E-state index is 0. The fourth-order valence-electron chi connectivity index (χ4n) is 4.12. The average molecular weight is 460 g/mol. The lowest BCUT2D eigenvalue weighted by Gasteiger charge is -2.27. The fraction of sp³-hybridized carbons (Fsp3) is 0.500. The molecule has 2 unspecified atom stereocenters. The van der Waals surface area contributed by atoms with E-state index < -0.39 is 0 Å². The maximum Gasteiger partial charge on any atom is 0.266 e. The number of fused-ring (bicyclic) bond motifs is 2. The van der Waals surface area contributed by atoms with Gasteiger partial charge in [0.25, 0.3) is 5.91 Å². The molecule has 4 rings (SSSR count). The van der Waals surface area contributed by atoms with Gasteiger partial charge in [0.05, 0.1) is 19.9 Å².